The van der Waals surface area contributed by atoms with Crippen LogP contribution in [0.25, 0.3) is 6.08 Å². The molecule has 0 aliphatic heterocycles. The molecule has 0 spiro atoms. The first-order valence-corrected chi connectivity index (χ1v) is 10.6. The molecule has 0 aliphatic carbocycles. The van der Waals surface area contributed by atoms with Crippen molar-refractivity contribution in [3.63, 3.8) is 0 Å². The summed E-state index contributed by atoms with van der Waals surface area (Å²) in [5.41, 5.74) is 1.19. The Hall–Kier alpha value is -3.44. The molecular weight excluding hydrogens is 486 g/mol. The fourth-order valence-electron chi connectivity index (χ4n) is 2.45. The third kappa shape index (κ3) is 6.79. The van der Waals surface area contributed by atoms with Gasteiger partial charge in [-0.3, -0.25) is 25.0 Å². The van der Waals surface area contributed by atoms with E-state index >= 15 is 0 Å². The molecule has 0 aliphatic rings. The summed E-state index contributed by atoms with van der Waals surface area (Å²) in [6.45, 7) is 0.383. The quantitative estimate of drug-likeness (QED) is 0.274. The summed E-state index contributed by atoms with van der Waals surface area (Å²) in [7, 11) is 0. The molecule has 0 saturated heterocycles. The second kappa shape index (κ2) is 10.5. The Balaban J connectivity index is 1.46. The minimum Gasteiger partial charge on any atom is -0.352 e. The van der Waals surface area contributed by atoms with Gasteiger partial charge >= 0.3 is 0 Å². The largest absolute Gasteiger partial charge is 0.352 e. The van der Waals surface area contributed by atoms with Crippen LogP contribution in [0.4, 0.5) is 10.8 Å². The maximum absolute atomic E-state index is 12.1. The Kier molecular flexibility index (Phi) is 7.57. The lowest BCUT2D eigenvalue weighted by atomic mass is 10.2. The number of benzene rings is 2. The summed E-state index contributed by atoms with van der Waals surface area (Å²) in [6.07, 6.45) is 3.32. The van der Waals surface area contributed by atoms with Crippen LogP contribution in [-0.4, -0.2) is 33.5 Å². The molecule has 2 amide bonds. The van der Waals surface area contributed by atoms with Gasteiger partial charge in [-0.05, 0) is 42.0 Å². The zero-order valence-corrected chi connectivity index (χ0v) is 18.4. The zero-order valence-electron chi connectivity index (χ0n) is 15.9. The molecular formula is C20H16BrN5O4S. The lowest BCUT2D eigenvalue weighted by Crippen LogP contribution is -2.25. The van der Waals surface area contributed by atoms with Crippen LogP contribution in [0.15, 0.2) is 59.1 Å². The van der Waals surface area contributed by atoms with Gasteiger partial charge in [-0.15, -0.1) is 10.2 Å². The molecule has 1 aromatic heterocycles. The summed E-state index contributed by atoms with van der Waals surface area (Å²) < 4.78 is 0.826. The highest BCUT2D eigenvalue weighted by Gasteiger charge is 2.09. The second-order valence-electron chi connectivity index (χ2n) is 6.19. The topological polar surface area (TPSA) is 127 Å². The highest BCUT2D eigenvalue weighted by Crippen LogP contribution is 2.16. The number of carbonyl (C=O) groups is 2. The second-order valence-corrected chi connectivity index (χ2v) is 8.17. The number of nitrogens with one attached hydrogen (secondary N) is 2. The van der Waals surface area contributed by atoms with E-state index in [0.717, 1.165) is 4.47 Å². The highest BCUT2D eigenvalue weighted by molar-refractivity contribution is 9.10. The number of nitro groups is 1. The monoisotopic (exact) mass is 501 g/mol. The molecule has 0 bridgehead atoms. The van der Waals surface area contributed by atoms with Gasteiger partial charge in [-0.1, -0.05) is 33.3 Å². The van der Waals surface area contributed by atoms with Gasteiger partial charge in [-0.2, -0.15) is 0 Å². The van der Waals surface area contributed by atoms with Crippen LogP contribution in [0.2, 0.25) is 0 Å². The van der Waals surface area contributed by atoms with E-state index in [0.29, 0.717) is 34.2 Å². The Morgan fingerprint density at radius 3 is 2.65 bits per heavy atom. The fourth-order valence-corrected chi connectivity index (χ4v) is 3.59. The minimum absolute atomic E-state index is 0.0178. The maximum Gasteiger partial charge on any atom is 0.269 e. The standard InChI is InChI=1S/C20H16BrN5O4S/c21-15-3-1-2-14(12-15)19(28)22-11-10-18-24-25-20(31-18)23-17(27)9-6-13-4-7-16(8-5-13)26(29)30/h1-9,12H,10-11H2,(H,22,28)(H,23,25,27)/b9-6+. The van der Waals surface area contributed by atoms with Gasteiger partial charge in [0.15, 0.2) is 0 Å². The third-order valence-corrected chi connectivity index (χ3v) is 5.33. The maximum atomic E-state index is 12.1. The van der Waals surface area contributed by atoms with E-state index < -0.39 is 10.8 Å². The van der Waals surface area contributed by atoms with Crippen LogP contribution < -0.4 is 10.6 Å². The van der Waals surface area contributed by atoms with E-state index in [1.807, 2.05) is 6.07 Å². The van der Waals surface area contributed by atoms with Crippen molar-refractivity contribution in [3.05, 3.63) is 85.3 Å². The Labute approximate surface area is 189 Å². The summed E-state index contributed by atoms with van der Waals surface area (Å²) in [6, 6.07) is 12.9. The number of halogens is 1. The number of non-ortho nitro benzene ring substituents is 1. The minimum atomic E-state index is -0.487. The number of aromatic nitrogens is 2. The van der Waals surface area contributed by atoms with Crippen LogP contribution in [0.1, 0.15) is 20.9 Å². The average molecular weight is 502 g/mol. The zero-order chi connectivity index (χ0) is 22.2. The predicted molar refractivity (Wildman–Crippen MR) is 121 cm³/mol. The van der Waals surface area contributed by atoms with E-state index in [1.165, 1.54) is 29.5 Å². The summed E-state index contributed by atoms with van der Waals surface area (Å²) in [4.78, 5) is 34.3. The smallest absolute Gasteiger partial charge is 0.269 e. The Bertz CT molecular complexity index is 1130. The third-order valence-electron chi connectivity index (χ3n) is 3.94. The number of nitrogens with zero attached hydrogens (tertiary/aromatic N) is 3. The highest BCUT2D eigenvalue weighted by atomic mass is 79.9. The summed E-state index contributed by atoms with van der Waals surface area (Å²) in [5.74, 6) is -0.584. The fraction of sp³-hybridized carbons (Fsp3) is 0.100. The molecule has 2 N–H and O–H groups in total. The number of anilines is 1. The van der Waals surface area contributed by atoms with Crippen molar-refractivity contribution < 1.29 is 14.5 Å². The van der Waals surface area contributed by atoms with Crippen molar-refractivity contribution in [3.8, 4) is 0 Å². The Morgan fingerprint density at radius 2 is 1.94 bits per heavy atom. The first-order valence-electron chi connectivity index (χ1n) is 9.00. The lowest BCUT2D eigenvalue weighted by Gasteiger charge is -2.04. The van der Waals surface area contributed by atoms with Crippen molar-refractivity contribution in [1.82, 2.24) is 15.5 Å². The van der Waals surface area contributed by atoms with Crippen LogP contribution in [0, 0.1) is 10.1 Å². The normalized spacial score (nSPS) is 10.7. The number of carbonyl (C=O) groups excluding carboxylic acids is 2. The molecule has 9 nitrogen and oxygen atoms in total. The van der Waals surface area contributed by atoms with E-state index in [9.17, 15) is 19.7 Å². The van der Waals surface area contributed by atoms with Crippen LogP contribution >= 0.6 is 27.3 Å². The molecule has 1 heterocycles. The molecule has 0 fully saturated rings. The van der Waals surface area contributed by atoms with Crippen molar-refractivity contribution in [1.29, 1.82) is 0 Å². The number of hydrogen-bond donors (Lipinski definition) is 2. The molecule has 31 heavy (non-hydrogen) atoms. The van der Waals surface area contributed by atoms with Crippen LogP contribution in [0.3, 0.4) is 0 Å². The number of rotatable bonds is 8. The molecule has 0 radical (unpaired) electrons. The van der Waals surface area contributed by atoms with Gasteiger partial charge in [0.2, 0.25) is 11.0 Å². The van der Waals surface area contributed by atoms with Gasteiger partial charge in [-0.25, -0.2) is 0 Å². The van der Waals surface area contributed by atoms with E-state index in [2.05, 4.69) is 36.8 Å². The number of hydrogen-bond acceptors (Lipinski definition) is 7. The molecule has 0 saturated carbocycles. The van der Waals surface area contributed by atoms with E-state index in [-0.39, 0.29) is 11.6 Å². The molecule has 2 aromatic carbocycles. The van der Waals surface area contributed by atoms with Gasteiger partial charge in [0, 0.05) is 41.2 Å². The number of nitro benzene ring substituents is 1. The molecule has 0 unspecified atom stereocenters. The van der Waals surface area contributed by atoms with Gasteiger partial charge < -0.3 is 5.32 Å². The van der Waals surface area contributed by atoms with Gasteiger partial charge in [0.1, 0.15) is 5.01 Å². The predicted octanol–water partition coefficient (Wildman–Crippen LogP) is 3.83. The number of amides is 2. The average Bonchev–Trinajstić information content (AvgIpc) is 3.19. The first kappa shape index (κ1) is 22.2. The lowest BCUT2D eigenvalue weighted by molar-refractivity contribution is -0.384. The molecule has 3 aromatic rings. The van der Waals surface area contributed by atoms with Crippen LogP contribution in [0.5, 0.6) is 0 Å². The van der Waals surface area contributed by atoms with Gasteiger partial charge in [0.25, 0.3) is 11.6 Å². The van der Waals surface area contributed by atoms with Crippen molar-refractivity contribution >= 4 is 56.0 Å². The van der Waals surface area contributed by atoms with Crippen molar-refractivity contribution in [2.24, 2.45) is 0 Å². The van der Waals surface area contributed by atoms with E-state index in [4.69, 9.17) is 0 Å². The molecule has 11 heteroatoms. The summed E-state index contributed by atoms with van der Waals surface area (Å²) in [5, 5.41) is 25.0. The first-order chi connectivity index (χ1) is 14.9. The summed E-state index contributed by atoms with van der Waals surface area (Å²) >= 11 is 4.55. The van der Waals surface area contributed by atoms with Crippen LogP contribution in [-0.2, 0) is 11.2 Å². The van der Waals surface area contributed by atoms with Gasteiger partial charge in [0.05, 0.1) is 4.92 Å². The SMILES string of the molecule is O=C(/C=C/c1ccc([N+](=O)[O-])cc1)Nc1nnc(CCNC(=O)c2cccc(Br)c2)s1. The van der Waals surface area contributed by atoms with E-state index in [1.54, 1.807) is 36.4 Å². The Morgan fingerprint density at radius 1 is 1.16 bits per heavy atom. The molecule has 158 valence electrons. The molecule has 0 atom stereocenters. The molecule has 3 rings (SSSR count). The van der Waals surface area contributed by atoms with Crippen molar-refractivity contribution in [2.45, 2.75) is 6.42 Å². The van der Waals surface area contributed by atoms with Crippen molar-refractivity contribution in [2.75, 3.05) is 11.9 Å².